The number of hydrogen-bond acceptors (Lipinski definition) is 5. The minimum absolute atomic E-state index is 0.0662. The summed E-state index contributed by atoms with van der Waals surface area (Å²) < 4.78 is 21.6. The molecule has 6 nitrogen and oxygen atoms in total. The number of esters is 1. The SMILES string of the molecule is CC1(C)CCC2(CC1)N[C@@H](C(=O)OC(C)(C)C)[C@H](c1ccnc(Cl)c1F)[C@]21C(=O)Nc2cc(Cl)ccc21. The number of hydrogen-bond donors (Lipinski definition) is 2. The van der Waals surface area contributed by atoms with Gasteiger partial charge in [-0.3, -0.25) is 14.9 Å². The first-order valence-electron chi connectivity index (χ1n) is 12.6. The lowest BCUT2D eigenvalue weighted by Crippen LogP contribution is -2.61. The Morgan fingerprint density at radius 2 is 1.81 bits per heavy atom. The van der Waals surface area contributed by atoms with Crippen LogP contribution in [0.25, 0.3) is 0 Å². The standard InChI is InChI=1S/C28H32Cl2FN3O3/c1-25(2,3)37-23(35)21-19(16-8-13-32-22(30)20(16)31)28(27(34-21)11-9-26(4,5)10-12-27)17-7-6-15(29)14-18(17)33-24(28)36/h6-8,13-14,19,21,34H,9-12H2,1-5H3,(H,33,36)/t19-,21+,28+/m0/s1. The quantitative estimate of drug-likeness (QED) is 0.348. The molecule has 1 aromatic carbocycles. The number of carbonyl (C=O) groups is 2. The fourth-order valence-electron chi connectivity index (χ4n) is 6.67. The number of fused-ring (bicyclic) bond motifs is 3. The predicted octanol–water partition coefficient (Wildman–Crippen LogP) is 6.15. The summed E-state index contributed by atoms with van der Waals surface area (Å²) in [6, 6.07) is 5.78. The lowest BCUT2D eigenvalue weighted by atomic mass is 9.53. The molecule has 2 N–H and O–H groups in total. The number of nitrogens with zero attached hydrogens (tertiary/aromatic N) is 1. The van der Waals surface area contributed by atoms with Gasteiger partial charge in [0.15, 0.2) is 11.0 Å². The Kier molecular flexibility index (Phi) is 6.17. The molecule has 0 unspecified atom stereocenters. The Hall–Kier alpha value is -2.22. The highest BCUT2D eigenvalue weighted by molar-refractivity contribution is 6.31. The maximum atomic E-state index is 15.8. The highest BCUT2D eigenvalue weighted by Gasteiger charge is 2.73. The van der Waals surface area contributed by atoms with Crippen molar-refractivity contribution >= 4 is 40.8 Å². The Morgan fingerprint density at radius 3 is 2.46 bits per heavy atom. The minimum Gasteiger partial charge on any atom is -0.459 e. The van der Waals surface area contributed by atoms with Crippen LogP contribution in [0.3, 0.4) is 0 Å². The van der Waals surface area contributed by atoms with Crippen LogP contribution in [0.1, 0.15) is 77.3 Å². The summed E-state index contributed by atoms with van der Waals surface area (Å²) in [7, 11) is 0. The second kappa shape index (κ2) is 8.65. The smallest absolute Gasteiger partial charge is 0.324 e. The van der Waals surface area contributed by atoms with E-state index in [-0.39, 0.29) is 22.0 Å². The molecule has 1 aliphatic carbocycles. The molecule has 2 fully saturated rings. The van der Waals surface area contributed by atoms with Crippen molar-refractivity contribution in [2.24, 2.45) is 5.41 Å². The monoisotopic (exact) mass is 547 g/mol. The lowest BCUT2D eigenvalue weighted by Gasteiger charge is -2.50. The van der Waals surface area contributed by atoms with E-state index >= 15 is 4.39 Å². The van der Waals surface area contributed by atoms with Gasteiger partial charge in [0.1, 0.15) is 17.1 Å². The van der Waals surface area contributed by atoms with Crippen LogP contribution in [0, 0.1) is 11.2 Å². The van der Waals surface area contributed by atoms with Gasteiger partial charge in [-0.25, -0.2) is 9.37 Å². The van der Waals surface area contributed by atoms with E-state index in [9.17, 15) is 9.59 Å². The van der Waals surface area contributed by atoms with Crippen LogP contribution < -0.4 is 10.6 Å². The van der Waals surface area contributed by atoms with Crippen molar-refractivity contribution in [1.82, 2.24) is 10.3 Å². The molecule has 9 heteroatoms. The third-order valence-electron chi connectivity index (χ3n) is 8.33. The Balaban J connectivity index is 1.81. The zero-order chi connectivity index (χ0) is 27.0. The maximum Gasteiger partial charge on any atom is 0.324 e. The van der Waals surface area contributed by atoms with E-state index in [2.05, 4.69) is 29.5 Å². The number of amides is 1. The molecule has 0 bridgehead atoms. The first-order chi connectivity index (χ1) is 17.2. The van der Waals surface area contributed by atoms with E-state index in [1.165, 1.54) is 12.3 Å². The lowest BCUT2D eigenvalue weighted by molar-refractivity contribution is -0.157. The maximum absolute atomic E-state index is 15.8. The minimum atomic E-state index is -1.31. The molecule has 1 saturated carbocycles. The molecule has 3 aliphatic rings. The van der Waals surface area contributed by atoms with Crippen molar-refractivity contribution in [3.63, 3.8) is 0 Å². The number of anilines is 1. The van der Waals surface area contributed by atoms with Gasteiger partial charge in [0.05, 0.1) is 0 Å². The van der Waals surface area contributed by atoms with Gasteiger partial charge in [-0.05, 0) is 81.2 Å². The summed E-state index contributed by atoms with van der Waals surface area (Å²) in [4.78, 5) is 32.0. The van der Waals surface area contributed by atoms with Gasteiger partial charge in [-0.1, -0.05) is 43.1 Å². The van der Waals surface area contributed by atoms with Crippen LogP contribution in [0.5, 0.6) is 0 Å². The topological polar surface area (TPSA) is 80.3 Å². The Bertz CT molecular complexity index is 1280. The fourth-order valence-corrected chi connectivity index (χ4v) is 7.01. The molecule has 2 spiro atoms. The molecule has 198 valence electrons. The van der Waals surface area contributed by atoms with Gasteiger partial charge in [0.2, 0.25) is 5.91 Å². The zero-order valence-electron chi connectivity index (χ0n) is 21.7. The number of nitrogens with one attached hydrogen (secondary N) is 2. The number of benzene rings is 1. The van der Waals surface area contributed by atoms with Crippen LogP contribution in [0.15, 0.2) is 30.5 Å². The van der Waals surface area contributed by atoms with Crippen LogP contribution in [0.2, 0.25) is 10.2 Å². The third kappa shape index (κ3) is 4.05. The molecule has 3 heterocycles. The van der Waals surface area contributed by atoms with Gasteiger partial charge in [0, 0.05) is 28.4 Å². The van der Waals surface area contributed by atoms with Crippen molar-refractivity contribution in [1.29, 1.82) is 0 Å². The molecule has 5 rings (SSSR count). The molecule has 1 saturated heterocycles. The Labute approximate surface area is 226 Å². The van der Waals surface area contributed by atoms with Gasteiger partial charge in [-0.2, -0.15) is 0 Å². The largest absolute Gasteiger partial charge is 0.459 e. The van der Waals surface area contributed by atoms with Gasteiger partial charge in [-0.15, -0.1) is 0 Å². The summed E-state index contributed by atoms with van der Waals surface area (Å²) in [5.74, 6) is -2.51. The molecule has 2 aliphatic heterocycles. The van der Waals surface area contributed by atoms with E-state index in [0.29, 0.717) is 29.1 Å². The molecular weight excluding hydrogens is 516 g/mol. The van der Waals surface area contributed by atoms with Crippen molar-refractivity contribution in [2.75, 3.05) is 5.32 Å². The first kappa shape index (κ1) is 26.4. The van der Waals surface area contributed by atoms with E-state index in [1.54, 1.807) is 32.9 Å². The summed E-state index contributed by atoms with van der Waals surface area (Å²) >= 11 is 12.5. The van der Waals surface area contributed by atoms with Crippen molar-refractivity contribution in [3.05, 3.63) is 57.6 Å². The summed E-state index contributed by atoms with van der Waals surface area (Å²) in [6.07, 6.45) is 4.29. The fraction of sp³-hybridized carbons (Fsp3) is 0.536. The van der Waals surface area contributed by atoms with Crippen LogP contribution in [0.4, 0.5) is 10.1 Å². The second-order valence-electron chi connectivity index (χ2n) is 12.3. The highest BCUT2D eigenvalue weighted by atomic mass is 35.5. The summed E-state index contributed by atoms with van der Waals surface area (Å²) in [5, 5.41) is 6.76. The van der Waals surface area contributed by atoms with E-state index in [0.717, 1.165) is 12.8 Å². The third-order valence-corrected chi connectivity index (χ3v) is 8.83. The van der Waals surface area contributed by atoms with Gasteiger partial charge < -0.3 is 10.1 Å². The second-order valence-corrected chi connectivity index (χ2v) is 13.1. The van der Waals surface area contributed by atoms with Crippen molar-refractivity contribution in [3.8, 4) is 0 Å². The molecule has 2 aromatic rings. The summed E-state index contributed by atoms with van der Waals surface area (Å²) in [6.45, 7) is 9.76. The number of pyridine rings is 1. The average molecular weight is 548 g/mol. The number of ether oxygens (including phenoxy) is 1. The molecular formula is C28H32Cl2FN3O3. The average Bonchev–Trinajstić information content (AvgIpc) is 3.25. The van der Waals surface area contributed by atoms with E-state index in [4.69, 9.17) is 27.9 Å². The highest BCUT2D eigenvalue weighted by Crippen LogP contribution is 2.64. The number of rotatable bonds is 2. The molecule has 1 amide bonds. The number of halogens is 3. The number of aromatic nitrogens is 1. The van der Waals surface area contributed by atoms with Gasteiger partial charge >= 0.3 is 5.97 Å². The van der Waals surface area contributed by atoms with E-state index < -0.39 is 40.3 Å². The van der Waals surface area contributed by atoms with Crippen molar-refractivity contribution < 1.29 is 18.7 Å². The van der Waals surface area contributed by atoms with Gasteiger partial charge in [0.25, 0.3) is 0 Å². The normalized spacial score (nSPS) is 27.8. The van der Waals surface area contributed by atoms with Crippen molar-refractivity contribution in [2.45, 2.75) is 88.8 Å². The van der Waals surface area contributed by atoms with Crippen LogP contribution in [-0.2, 0) is 19.7 Å². The molecule has 1 aromatic heterocycles. The molecule has 0 radical (unpaired) electrons. The van der Waals surface area contributed by atoms with Crippen LogP contribution in [-0.4, -0.2) is 34.0 Å². The zero-order valence-corrected chi connectivity index (χ0v) is 23.2. The molecule has 3 atom stereocenters. The summed E-state index contributed by atoms with van der Waals surface area (Å²) in [5.41, 5.74) is -1.44. The first-order valence-corrected chi connectivity index (χ1v) is 13.4. The Morgan fingerprint density at radius 1 is 1.14 bits per heavy atom. The van der Waals surface area contributed by atoms with E-state index in [1.807, 2.05) is 6.07 Å². The van der Waals surface area contributed by atoms with Crippen LogP contribution >= 0.6 is 23.2 Å². The molecule has 37 heavy (non-hydrogen) atoms. The number of carbonyl (C=O) groups excluding carboxylic acids is 2. The predicted molar refractivity (Wildman–Crippen MR) is 141 cm³/mol.